The third-order valence-corrected chi connectivity index (χ3v) is 2.89. The van der Waals surface area contributed by atoms with Crippen molar-refractivity contribution < 1.29 is 9.13 Å². The Kier molecular flexibility index (Phi) is 5.98. The summed E-state index contributed by atoms with van der Waals surface area (Å²) in [6, 6.07) is 5.26. The highest BCUT2D eigenvalue weighted by Crippen LogP contribution is 2.20. The van der Waals surface area contributed by atoms with E-state index in [2.05, 4.69) is 12.2 Å². The molecule has 1 aromatic carbocycles. The molecule has 0 heterocycles. The van der Waals surface area contributed by atoms with Gasteiger partial charge in [-0.1, -0.05) is 19.4 Å². The summed E-state index contributed by atoms with van der Waals surface area (Å²) < 4.78 is 18.8. The zero-order chi connectivity index (χ0) is 12.7. The normalized spacial score (nSPS) is 12.5. The molecule has 0 aliphatic heterocycles. The smallest absolute Gasteiger partial charge is 0.165 e. The number of rotatable bonds is 7. The van der Waals surface area contributed by atoms with E-state index in [4.69, 9.17) is 4.74 Å². The van der Waals surface area contributed by atoms with E-state index in [1.165, 1.54) is 0 Å². The van der Waals surface area contributed by atoms with Crippen LogP contribution in [0.15, 0.2) is 18.2 Å². The number of halogens is 1. The molecule has 1 atom stereocenters. The average molecular weight is 239 g/mol. The molecule has 1 aromatic rings. The van der Waals surface area contributed by atoms with E-state index in [-0.39, 0.29) is 5.82 Å². The molecule has 1 unspecified atom stereocenters. The van der Waals surface area contributed by atoms with Crippen LogP contribution in [-0.2, 0) is 6.42 Å². The van der Waals surface area contributed by atoms with Gasteiger partial charge in [-0.05, 0) is 50.6 Å². The first-order chi connectivity index (χ1) is 8.21. The maximum absolute atomic E-state index is 13.6. The van der Waals surface area contributed by atoms with Crippen LogP contribution in [0.2, 0.25) is 0 Å². The fourth-order valence-corrected chi connectivity index (χ4v) is 1.93. The Morgan fingerprint density at radius 2 is 2.12 bits per heavy atom. The first-order valence-corrected chi connectivity index (χ1v) is 6.27. The van der Waals surface area contributed by atoms with Crippen molar-refractivity contribution >= 4 is 0 Å². The first-order valence-electron chi connectivity index (χ1n) is 6.27. The molecule has 0 radical (unpaired) electrons. The van der Waals surface area contributed by atoms with Crippen molar-refractivity contribution in [2.24, 2.45) is 5.92 Å². The lowest BCUT2D eigenvalue weighted by Gasteiger charge is -2.14. The van der Waals surface area contributed by atoms with E-state index in [0.29, 0.717) is 18.3 Å². The van der Waals surface area contributed by atoms with Gasteiger partial charge in [0.25, 0.3) is 0 Å². The third kappa shape index (κ3) is 4.35. The van der Waals surface area contributed by atoms with Crippen molar-refractivity contribution in [3.63, 3.8) is 0 Å². The Balaban J connectivity index is 2.68. The predicted octanol–water partition coefficient (Wildman–Crippen LogP) is 3.01. The van der Waals surface area contributed by atoms with Gasteiger partial charge in [-0.2, -0.15) is 0 Å². The van der Waals surface area contributed by atoms with Gasteiger partial charge in [0.05, 0.1) is 6.61 Å². The van der Waals surface area contributed by atoms with E-state index in [9.17, 15) is 4.39 Å². The molecule has 96 valence electrons. The highest BCUT2D eigenvalue weighted by Gasteiger charge is 2.09. The van der Waals surface area contributed by atoms with Gasteiger partial charge in [0.15, 0.2) is 11.6 Å². The van der Waals surface area contributed by atoms with Crippen molar-refractivity contribution in [1.29, 1.82) is 0 Å². The Morgan fingerprint density at radius 1 is 1.35 bits per heavy atom. The van der Waals surface area contributed by atoms with Crippen molar-refractivity contribution in [3.8, 4) is 5.75 Å². The third-order valence-electron chi connectivity index (χ3n) is 2.89. The van der Waals surface area contributed by atoms with E-state index in [0.717, 1.165) is 24.9 Å². The molecule has 0 aliphatic rings. The van der Waals surface area contributed by atoms with Crippen LogP contribution in [0.5, 0.6) is 5.75 Å². The molecule has 0 saturated heterocycles. The van der Waals surface area contributed by atoms with Gasteiger partial charge < -0.3 is 10.1 Å². The molecule has 0 aliphatic carbocycles. The van der Waals surface area contributed by atoms with Crippen molar-refractivity contribution in [1.82, 2.24) is 5.32 Å². The molecule has 17 heavy (non-hydrogen) atoms. The predicted molar refractivity (Wildman–Crippen MR) is 69.0 cm³/mol. The fourth-order valence-electron chi connectivity index (χ4n) is 1.93. The summed E-state index contributed by atoms with van der Waals surface area (Å²) in [5.41, 5.74) is 1.04. The molecule has 0 aromatic heterocycles. The Hall–Kier alpha value is -1.09. The summed E-state index contributed by atoms with van der Waals surface area (Å²) in [5.74, 6) is 0.638. The monoisotopic (exact) mass is 239 g/mol. The quantitative estimate of drug-likeness (QED) is 0.789. The van der Waals surface area contributed by atoms with Crippen LogP contribution >= 0.6 is 0 Å². The van der Waals surface area contributed by atoms with Gasteiger partial charge in [0.1, 0.15) is 0 Å². The van der Waals surface area contributed by atoms with Gasteiger partial charge >= 0.3 is 0 Å². The van der Waals surface area contributed by atoms with E-state index in [1.54, 1.807) is 12.1 Å². The molecule has 0 fully saturated rings. The number of hydrogen-bond donors (Lipinski definition) is 1. The zero-order valence-corrected chi connectivity index (χ0v) is 10.9. The van der Waals surface area contributed by atoms with Crippen molar-refractivity contribution in [2.75, 3.05) is 20.2 Å². The molecule has 3 heteroatoms. The van der Waals surface area contributed by atoms with Crippen LogP contribution in [0.3, 0.4) is 0 Å². The molecule has 1 rings (SSSR count). The minimum absolute atomic E-state index is 0.260. The lowest BCUT2D eigenvalue weighted by atomic mass is 9.97. The molecule has 0 amide bonds. The summed E-state index contributed by atoms with van der Waals surface area (Å²) >= 11 is 0. The SMILES string of the molecule is CCOc1ccc(CC(CC)CNC)cc1F. The van der Waals surface area contributed by atoms with E-state index < -0.39 is 0 Å². The van der Waals surface area contributed by atoms with E-state index >= 15 is 0 Å². The molecular weight excluding hydrogens is 217 g/mol. The van der Waals surface area contributed by atoms with Crippen molar-refractivity contribution in [3.05, 3.63) is 29.6 Å². The molecule has 0 saturated carbocycles. The molecule has 1 N–H and O–H groups in total. The second-order valence-corrected chi connectivity index (χ2v) is 4.23. The lowest BCUT2D eigenvalue weighted by Crippen LogP contribution is -2.20. The molecule has 0 bridgehead atoms. The minimum Gasteiger partial charge on any atom is -0.491 e. The molecule has 2 nitrogen and oxygen atoms in total. The highest BCUT2D eigenvalue weighted by molar-refractivity contribution is 5.29. The summed E-state index contributed by atoms with van der Waals surface area (Å²) in [4.78, 5) is 0. The number of benzene rings is 1. The van der Waals surface area contributed by atoms with Crippen molar-refractivity contribution in [2.45, 2.75) is 26.7 Å². The van der Waals surface area contributed by atoms with Gasteiger partial charge in [-0.15, -0.1) is 0 Å². The van der Waals surface area contributed by atoms with Crippen LogP contribution in [0.4, 0.5) is 4.39 Å². The second-order valence-electron chi connectivity index (χ2n) is 4.23. The van der Waals surface area contributed by atoms with Gasteiger partial charge in [-0.25, -0.2) is 4.39 Å². The van der Waals surface area contributed by atoms with Gasteiger partial charge in [-0.3, -0.25) is 0 Å². The van der Waals surface area contributed by atoms with E-state index in [1.807, 2.05) is 20.0 Å². The lowest BCUT2D eigenvalue weighted by molar-refractivity contribution is 0.321. The maximum atomic E-state index is 13.6. The summed E-state index contributed by atoms with van der Waals surface area (Å²) in [6.45, 7) is 5.47. The minimum atomic E-state index is -0.260. The van der Waals surface area contributed by atoms with Crippen LogP contribution in [0.25, 0.3) is 0 Å². The standard InChI is InChI=1S/C14H22FNO/c1-4-11(10-16-3)8-12-6-7-14(17-5-2)13(15)9-12/h6-7,9,11,16H,4-5,8,10H2,1-3H3. The van der Waals surface area contributed by atoms with Gasteiger partial charge in [0, 0.05) is 0 Å². The zero-order valence-electron chi connectivity index (χ0n) is 10.9. The Bertz CT molecular complexity index is 341. The Labute approximate surface area is 103 Å². The number of hydrogen-bond acceptors (Lipinski definition) is 2. The van der Waals surface area contributed by atoms with Crippen LogP contribution in [0.1, 0.15) is 25.8 Å². The maximum Gasteiger partial charge on any atom is 0.165 e. The number of ether oxygens (including phenoxy) is 1. The average Bonchev–Trinajstić information content (AvgIpc) is 2.32. The molecular formula is C14H22FNO. The second kappa shape index (κ2) is 7.28. The summed E-state index contributed by atoms with van der Waals surface area (Å²) in [6.07, 6.45) is 2.00. The van der Waals surface area contributed by atoms with Gasteiger partial charge in [0.2, 0.25) is 0 Å². The largest absolute Gasteiger partial charge is 0.491 e. The van der Waals surface area contributed by atoms with Crippen LogP contribution in [-0.4, -0.2) is 20.2 Å². The summed E-state index contributed by atoms with van der Waals surface area (Å²) in [7, 11) is 1.95. The van der Waals surface area contributed by atoms with Crippen LogP contribution < -0.4 is 10.1 Å². The summed E-state index contributed by atoms with van der Waals surface area (Å²) in [5, 5.41) is 3.17. The fraction of sp³-hybridized carbons (Fsp3) is 0.571. The first kappa shape index (κ1) is 14.0. The van der Waals surface area contributed by atoms with Crippen LogP contribution in [0, 0.1) is 11.7 Å². The highest BCUT2D eigenvalue weighted by atomic mass is 19.1. The number of nitrogens with one attached hydrogen (secondary N) is 1. The Morgan fingerprint density at radius 3 is 2.65 bits per heavy atom. The molecule has 0 spiro atoms. The topological polar surface area (TPSA) is 21.3 Å².